The number of aliphatic hydroxyl groups is 4. The molecule has 10 nitrogen and oxygen atoms in total. The van der Waals surface area contributed by atoms with Gasteiger partial charge in [0, 0.05) is 44.8 Å². The standard InChI is InChI=1S/C27H30N4O6/c1-30(2)19-7-6-15-10-17(5-4-16(15)11-19)21-9-8-20(31(21)3)12-18(13-28)26(35)29-14-22-23(32)24(33)25(34)27(36)37-22/h4-12,22-25,27,32-34,36H,14H2,1-3H3,(H,29,35)/b18-12+/t22-,23-,24+,25-,27?/m1/s1. The lowest BCUT2D eigenvalue weighted by Gasteiger charge is -2.38. The minimum atomic E-state index is -1.71. The fourth-order valence-electron chi connectivity index (χ4n) is 4.32. The van der Waals surface area contributed by atoms with Crippen molar-refractivity contribution in [2.75, 3.05) is 25.5 Å². The number of benzene rings is 2. The predicted molar refractivity (Wildman–Crippen MR) is 138 cm³/mol. The molecule has 5 N–H and O–H groups in total. The molecule has 5 atom stereocenters. The molecule has 0 radical (unpaired) electrons. The molecule has 1 amide bonds. The third-order valence-corrected chi connectivity index (χ3v) is 6.60. The number of hydrogen-bond donors (Lipinski definition) is 5. The van der Waals surface area contributed by atoms with Crippen molar-refractivity contribution < 1.29 is 30.0 Å². The van der Waals surface area contributed by atoms with Crippen molar-refractivity contribution in [3.05, 3.63) is 59.8 Å². The highest BCUT2D eigenvalue weighted by atomic mass is 16.6. The number of carbonyl (C=O) groups excluding carboxylic acids is 1. The molecule has 0 bridgehead atoms. The molecule has 0 saturated carbocycles. The second-order valence-corrected chi connectivity index (χ2v) is 9.26. The smallest absolute Gasteiger partial charge is 0.262 e. The Kier molecular flexibility index (Phi) is 7.63. The van der Waals surface area contributed by atoms with Gasteiger partial charge in [-0.1, -0.05) is 18.2 Å². The van der Waals surface area contributed by atoms with E-state index in [1.807, 2.05) is 48.8 Å². The van der Waals surface area contributed by atoms with Crippen molar-refractivity contribution in [2.45, 2.75) is 30.7 Å². The maximum Gasteiger partial charge on any atom is 0.262 e. The number of carbonyl (C=O) groups is 1. The lowest BCUT2D eigenvalue weighted by Crippen LogP contribution is -2.60. The molecule has 1 saturated heterocycles. The minimum Gasteiger partial charge on any atom is -0.388 e. The van der Waals surface area contributed by atoms with Crippen LogP contribution in [0, 0.1) is 11.3 Å². The lowest BCUT2D eigenvalue weighted by atomic mass is 9.99. The summed E-state index contributed by atoms with van der Waals surface area (Å²) < 4.78 is 6.93. The molecule has 4 rings (SSSR count). The highest BCUT2D eigenvalue weighted by molar-refractivity contribution is 6.01. The van der Waals surface area contributed by atoms with Gasteiger partial charge in [0.25, 0.3) is 5.91 Å². The van der Waals surface area contributed by atoms with E-state index in [1.165, 1.54) is 6.08 Å². The van der Waals surface area contributed by atoms with Crippen LogP contribution < -0.4 is 10.2 Å². The van der Waals surface area contributed by atoms with E-state index < -0.39 is 36.6 Å². The first-order valence-electron chi connectivity index (χ1n) is 11.8. The molecular formula is C27H30N4O6. The van der Waals surface area contributed by atoms with Crippen molar-refractivity contribution in [2.24, 2.45) is 7.05 Å². The van der Waals surface area contributed by atoms with Gasteiger partial charge in [-0.15, -0.1) is 0 Å². The highest BCUT2D eigenvalue weighted by Gasteiger charge is 2.43. The van der Waals surface area contributed by atoms with Crippen LogP contribution >= 0.6 is 0 Å². The Balaban J connectivity index is 1.50. The quantitative estimate of drug-likeness (QED) is 0.243. The maximum atomic E-state index is 12.6. The van der Waals surface area contributed by atoms with Gasteiger partial charge in [0.05, 0.1) is 0 Å². The summed E-state index contributed by atoms with van der Waals surface area (Å²) in [6, 6.07) is 18.0. The number of nitrogens with one attached hydrogen (secondary N) is 1. The zero-order valence-electron chi connectivity index (χ0n) is 20.7. The zero-order valence-corrected chi connectivity index (χ0v) is 20.7. The summed E-state index contributed by atoms with van der Waals surface area (Å²) in [4.78, 5) is 14.7. The van der Waals surface area contributed by atoms with E-state index >= 15 is 0 Å². The number of aliphatic hydroxyl groups excluding tert-OH is 4. The van der Waals surface area contributed by atoms with Gasteiger partial charge in [0.2, 0.25) is 0 Å². The minimum absolute atomic E-state index is 0.172. The van der Waals surface area contributed by atoms with Crippen LogP contribution in [0.2, 0.25) is 0 Å². The van der Waals surface area contributed by atoms with Crippen LogP contribution in [0.4, 0.5) is 5.69 Å². The van der Waals surface area contributed by atoms with E-state index in [9.17, 15) is 30.5 Å². The summed E-state index contributed by atoms with van der Waals surface area (Å²) in [7, 11) is 5.84. The first-order chi connectivity index (χ1) is 17.6. The summed E-state index contributed by atoms with van der Waals surface area (Å²) in [6.45, 7) is -0.287. The van der Waals surface area contributed by atoms with Crippen LogP contribution in [0.15, 0.2) is 54.1 Å². The van der Waals surface area contributed by atoms with Gasteiger partial charge in [-0.05, 0) is 52.7 Å². The van der Waals surface area contributed by atoms with Crippen LogP contribution in [0.3, 0.4) is 0 Å². The predicted octanol–water partition coefficient (Wildman–Crippen LogP) is 0.734. The third-order valence-electron chi connectivity index (χ3n) is 6.60. The number of amides is 1. The molecule has 1 unspecified atom stereocenters. The Labute approximate surface area is 214 Å². The van der Waals surface area contributed by atoms with E-state index in [0.717, 1.165) is 27.7 Å². The number of hydrogen-bond acceptors (Lipinski definition) is 8. The van der Waals surface area contributed by atoms with Crippen molar-refractivity contribution >= 4 is 28.4 Å². The average molecular weight is 507 g/mol. The van der Waals surface area contributed by atoms with Crippen LogP contribution in [-0.4, -0.2) is 82.2 Å². The summed E-state index contributed by atoms with van der Waals surface area (Å²) >= 11 is 0. The second kappa shape index (κ2) is 10.7. The Hall–Kier alpha value is -3.72. The zero-order chi connectivity index (χ0) is 26.9. The van der Waals surface area contributed by atoms with Crippen molar-refractivity contribution in [1.82, 2.24) is 9.88 Å². The topological polar surface area (TPSA) is 151 Å². The molecule has 10 heteroatoms. The number of ether oxygens (including phenoxy) is 1. The van der Waals surface area contributed by atoms with Crippen molar-refractivity contribution in [3.8, 4) is 17.3 Å². The number of aromatic nitrogens is 1. The summed E-state index contributed by atoms with van der Waals surface area (Å²) in [5, 5.41) is 53.3. The molecule has 3 aromatic rings. The van der Waals surface area contributed by atoms with E-state index in [-0.39, 0.29) is 12.1 Å². The summed E-state index contributed by atoms with van der Waals surface area (Å²) in [6.07, 6.45) is -6.25. The number of fused-ring (bicyclic) bond motifs is 1. The third kappa shape index (κ3) is 5.36. The van der Waals surface area contributed by atoms with Gasteiger partial charge in [0.1, 0.15) is 36.1 Å². The number of nitrogens with zero attached hydrogens (tertiary/aromatic N) is 3. The first-order valence-corrected chi connectivity index (χ1v) is 11.8. The molecule has 194 valence electrons. The number of anilines is 1. The Morgan fingerprint density at radius 2 is 1.76 bits per heavy atom. The fraction of sp³-hybridized carbons (Fsp3) is 0.333. The molecule has 0 aliphatic carbocycles. The van der Waals surface area contributed by atoms with Crippen LogP contribution in [0.1, 0.15) is 5.69 Å². The molecule has 1 aliphatic heterocycles. The van der Waals surface area contributed by atoms with Crippen LogP contribution in [0.5, 0.6) is 0 Å². The second-order valence-electron chi connectivity index (χ2n) is 9.26. The van der Waals surface area contributed by atoms with Crippen molar-refractivity contribution in [3.63, 3.8) is 0 Å². The van der Waals surface area contributed by atoms with Gasteiger partial charge < -0.3 is 39.9 Å². The molecule has 1 fully saturated rings. The van der Waals surface area contributed by atoms with Gasteiger partial charge in [-0.2, -0.15) is 5.26 Å². The van der Waals surface area contributed by atoms with Crippen molar-refractivity contribution in [1.29, 1.82) is 5.26 Å². The molecule has 1 aromatic heterocycles. The SMILES string of the molecule is CN(C)c1ccc2cc(-c3ccc(/C=C(\C#N)C(=O)NC[C@H]4OC(O)[C@H](O)[C@@H](O)[C@@H]4O)n3C)ccc2c1. The Morgan fingerprint density at radius 3 is 2.46 bits per heavy atom. The summed E-state index contributed by atoms with van der Waals surface area (Å²) in [5.41, 5.74) is 3.46. The molecule has 2 aromatic carbocycles. The maximum absolute atomic E-state index is 12.6. The fourth-order valence-corrected chi connectivity index (χ4v) is 4.32. The average Bonchev–Trinajstić information content (AvgIpc) is 3.25. The first kappa shape index (κ1) is 26.3. The van der Waals surface area contributed by atoms with E-state index in [1.54, 1.807) is 6.07 Å². The molecule has 1 aliphatic rings. The largest absolute Gasteiger partial charge is 0.388 e. The normalized spacial score (nSPS) is 24.1. The van der Waals surface area contributed by atoms with E-state index in [4.69, 9.17) is 4.74 Å². The molecule has 37 heavy (non-hydrogen) atoms. The molecular weight excluding hydrogens is 476 g/mol. The Bertz CT molecular complexity index is 1370. The van der Waals surface area contributed by atoms with Gasteiger partial charge in [0.15, 0.2) is 6.29 Å². The number of rotatable bonds is 6. The number of nitriles is 1. The van der Waals surface area contributed by atoms with Crippen LogP contribution in [-0.2, 0) is 16.6 Å². The lowest BCUT2D eigenvalue weighted by molar-refractivity contribution is -0.280. The summed E-state index contributed by atoms with van der Waals surface area (Å²) in [5.74, 6) is -0.710. The highest BCUT2D eigenvalue weighted by Crippen LogP contribution is 2.28. The van der Waals surface area contributed by atoms with Gasteiger partial charge >= 0.3 is 0 Å². The van der Waals surface area contributed by atoms with Gasteiger partial charge in [-0.25, -0.2) is 0 Å². The molecule has 0 spiro atoms. The van der Waals surface area contributed by atoms with E-state index in [0.29, 0.717) is 5.69 Å². The van der Waals surface area contributed by atoms with E-state index in [2.05, 4.69) is 35.6 Å². The monoisotopic (exact) mass is 506 g/mol. The van der Waals surface area contributed by atoms with Crippen LogP contribution in [0.25, 0.3) is 28.1 Å². The Morgan fingerprint density at radius 1 is 1.05 bits per heavy atom. The van der Waals surface area contributed by atoms with Gasteiger partial charge in [-0.3, -0.25) is 4.79 Å². The molecule has 2 heterocycles.